The zero-order valence-corrected chi connectivity index (χ0v) is 19.6. The SMILES string of the molecule is COCCOc1cc2ncnc(Nc3ccc(F)c(Cl)c3)c2cc1NC(=O)C(F)=CCN(C)C. The number of nitrogens with zero attached hydrogens (tertiary/aromatic N) is 3. The van der Waals surface area contributed by atoms with Crippen molar-refractivity contribution in [3.8, 4) is 5.75 Å². The van der Waals surface area contributed by atoms with E-state index in [-0.39, 0.29) is 29.6 Å². The van der Waals surface area contributed by atoms with Crippen molar-refractivity contribution in [1.29, 1.82) is 0 Å². The molecule has 0 spiro atoms. The number of fused-ring (bicyclic) bond motifs is 1. The lowest BCUT2D eigenvalue weighted by atomic mass is 10.1. The number of hydrogen-bond donors (Lipinski definition) is 2. The molecule has 1 heterocycles. The molecule has 0 saturated carbocycles. The van der Waals surface area contributed by atoms with Crippen LogP contribution < -0.4 is 15.4 Å². The molecule has 0 aliphatic carbocycles. The van der Waals surface area contributed by atoms with Gasteiger partial charge in [-0.3, -0.25) is 4.79 Å². The van der Waals surface area contributed by atoms with E-state index < -0.39 is 17.6 Å². The summed E-state index contributed by atoms with van der Waals surface area (Å²) < 4.78 is 38.6. The average molecular weight is 492 g/mol. The van der Waals surface area contributed by atoms with Crippen LogP contribution in [-0.4, -0.2) is 61.7 Å². The Morgan fingerprint density at radius 3 is 2.71 bits per heavy atom. The van der Waals surface area contributed by atoms with Crippen LogP contribution in [0.15, 0.2) is 48.6 Å². The summed E-state index contributed by atoms with van der Waals surface area (Å²) in [5.74, 6) is -1.75. The third-order valence-electron chi connectivity index (χ3n) is 4.56. The van der Waals surface area contributed by atoms with Gasteiger partial charge >= 0.3 is 0 Å². The predicted molar refractivity (Wildman–Crippen MR) is 128 cm³/mol. The summed E-state index contributed by atoms with van der Waals surface area (Å²) in [6, 6.07) is 7.32. The fourth-order valence-electron chi connectivity index (χ4n) is 2.88. The van der Waals surface area contributed by atoms with Gasteiger partial charge < -0.3 is 25.0 Å². The van der Waals surface area contributed by atoms with Crippen molar-refractivity contribution in [2.75, 3.05) is 51.6 Å². The number of halogens is 3. The van der Waals surface area contributed by atoms with Crippen LogP contribution in [-0.2, 0) is 9.53 Å². The van der Waals surface area contributed by atoms with Crippen molar-refractivity contribution < 1.29 is 23.0 Å². The Balaban J connectivity index is 1.98. The Morgan fingerprint density at radius 2 is 2.00 bits per heavy atom. The number of anilines is 3. The Hall–Kier alpha value is -3.34. The van der Waals surface area contributed by atoms with E-state index in [1.54, 1.807) is 31.1 Å². The van der Waals surface area contributed by atoms with Crippen LogP contribution in [0.4, 0.5) is 26.0 Å². The maximum atomic E-state index is 14.3. The van der Waals surface area contributed by atoms with Crippen molar-refractivity contribution in [3.05, 3.63) is 59.4 Å². The Bertz CT molecular complexity index is 1210. The van der Waals surface area contributed by atoms with Crippen LogP contribution in [0.25, 0.3) is 10.9 Å². The molecule has 0 fully saturated rings. The minimum absolute atomic E-state index is 0.0508. The summed E-state index contributed by atoms with van der Waals surface area (Å²) in [7, 11) is 5.05. The van der Waals surface area contributed by atoms with Crippen LogP contribution in [0, 0.1) is 5.82 Å². The predicted octanol–water partition coefficient (Wildman–Crippen LogP) is 4.54. The molecule has 2 N–H and O–H groups in total. The Kier molecular flexibility index (Phi) is 8.69. The molecular formula is C23H24ClF2N5O3. The second kappa shape index (κ2) is 11.7. The molecule has 3 rings (SSSR count). The van der Waals surface area contributed by atoms with Gasteiger partial charge in [0.1, 0.15) is 30.3 Å². The van der Waals surface area contributed by atoms with Gasteiger partial charge in [-0.2, -0.15) is 0 Å². The van der Waals surface area contributed by atoms with E-state index in [0.717, 1.165) is 0 Å². The molecule has 8 nitrogen and oxygen atoms in total. The van der Waals surface area contributed by atoms with Gasteiger partial charge in [0.2, 0.25) is 0 Å². The van der Waals surface area contributed by atoms with Crippen LogP contribution in [0.2, 0.25) is 5.02 Å². The van der Waals surface area contributed by atoms with Gasteiger partial charge in [0, 0.05) is 30.8 Å². The molecule has 2 aromatic carbocycles. The average Bonchev–Trinajstić information content (AvgIpc) is 2.80. The van der Waals surface area contributed by atoms with Gasteiger partial charge in [0.25, 0.3) is 5.91 Å². The number of hydrogen-bond acceptors (Lipinski definition) is 7. The molecule has 1 aromatic heterocycles. The summed E-state index contributed by atoms with van der Waals surface area (Å²) >= 11 is 5.87. The van der Waals surface area contributed by atoms with E-state index in [4.69, 9.17) is 21.1 Å². The first-order valence-electron chi connectivity index (χ1n) is 10.2. The molecule has 0 saturated heterocycles. The molecule has 3 aromatic rings. The highest BCUT2D eigenvalue weighted by atomic mass is 35.5. The second-order valence-electron chi connectivity index (χ2n) is 7.45. The summed E-state index contributed by atoms with van der Waals surface area (Å²) in [4.78, 5) is 22.7. The standard InChI is InChI=1S/C23H24ClF2N5O3/c1-31(2)7-6-18(26)23(32)30-20-11-15-19(12-21(20)34-9-8-33-3)27-13-28-22(15)29-14-4-5-17(25)16(24)10-14/h4-6,10-13H,7-9H2,1-3H3,(H,30,32)(H,27,28,29). The number of likely N-dealkylation sites (N-methyl/N-ethyl adjacent to an activating group) is 1. The maximum Gasteiger partial charge on any atom is 0.284 e. The largest absolute Gasteiger partial charge is 0.489 e. The summed E-state index contributed by atoms with van der Waals surface area (Å²) in [6.07, 6.45) is 2.52. The van der Waals surface area contributed by atoms with Crippen LogP contribution in [0.1, 0.15) is 0 Å². The fraction of sp³-hybridized carbons (Fsp3) is 0.261. The zero-order chi connectivity index (χ0) is 24.7. The van der Waals surface area contributed by atoms with Crippen LogP contribution in [0.5, 0.6) is 5.75 Å². The lowest BCUT2D eigenvalue weighted by Gasteiger charge is -2.15. The minimum atomic E-state index is -0.930. The monoisotopic (exact) mass is 491 g/mol. The highest BCUT2D eigenvalue weighted by Crippen LogP contribution is 2.34. The van der Waals surface area contributed by atoms with Crippen LogP contribution in [0.3, 0.4) is 0 Å². The number of benzene rings is 2. The van der Waals surface area contributed by atoms with Gasteiger partial charge in [0.15, 0.2) is 5.83 Å². The van der Waals surface area contributed by atoms with Gasteiger partial charge in [-0.05, 0) is 44.4 Å². The van der Waals surface area contributed by atoms with E-state index in [1.165, 1.54) is 37.7 Å². The van der Waals surface area contributed by atoms with Gasteiger partial charge in [-0.15, -0.1) is 0 Å². The molecule has 0 radical (unpaired) electrons. The van der Waals surface area contributed by atoms with Crippen molar-refractivity contribution >= 4 is 45.6 Å². The first-order valence-corrected chi connectivity index (χ1v) is 10.6. The lowest BCUT2D eigenvalue weighted by Crippen LogP contribution is -2.17. The van der Waals surface area contributed by atoms with Crippen molar-refractivity contribution in [1.82, 2.24) is 14.9 Å². The van der Waals surface area contributed by atoms with Crippen molar-refractivity contribution in [3.63, 3.8) is 0 Å². The number of amides is 1. The number of carbonyl (C=O) groups excluding carboxylic acids is 1. The lowest BCUT2D eigenvalue weighted by molar-refractivity contribution is -0.114. The highest BCUT2D eigenvalue weighted by molar-refractivity contribution is 6.31. The molecule has 0 aliphatic heterocycles. The molecule has 0 bridgehead atoms. The summed E-state index contributed by atoms with van der Waals surface area (Å²) in [5.41, 5.74) is 1.21. The number of carbonyl (C=O) groups is 1. The molecule has 180 valence electrons. The molecule has 1 amide bonds. The van der Waals surface area contributed by atoms with Gasteiger partial charge in [0.05, 0.1) is 22.8 Å². The third-order valence-corrected chi connectivity index (χ3v) is 4.85. The Morgan fingerprint density at radius 1 is 1.21 bits per heavy atom. The zero-order valence-electron chi connectivity index (χ0n) is 18.9. The first kappa shape index (κ1) is 25.3. The van der Waals surface area contributed by atoms with Gasteiger partial charge in [-0.1, -0.05) is 11.6 Å². The van der Waals surface area contributed by atoms with Crippen molar-refractivity contribution in [2.24, 2.45) is 0 Å². The quantitative estimate of drug-likeness (QED) is 0.318. The van der Waals surface area contributed by atoms with E-state index in [2.05, 4.69) is 20.6 Å². The number of nitrogens with one attached hydrogen (secondary N) is 2. The van der Waals surface area contributed by atoms with E-state index in [1.807, 2.05) is 0 Å². The third kappa shape index (κ3) is 6.60. The number of aromatic nitrogens is 2. The van der Waals surface area contributed by atoms with Crippen LogP contribution >= 0.6 is 11.6 Å². The fourth-order valence-corrected chi connectivity index (χ4v) is 3.06. The van der Waals surface area contributed by atoms with E-state index in [0.29, 0.717) is 29.0 Å². The molecular weight excluding hydrogens is 468 g/mol. The number of ether oxygens (including phenoxy) is 2. The minimum Gasteiger partial charge on any atom is -0.489 e. The summed E-state index contributed by atoms with van der Waals surface area (Å²) in [5, 5.41) is 6.05. The molecule has 11 heteroatoms. The van der Waals surface area contributed by atoms with E-state index in [9.17, 15) is 13.6 Å². The summed E-state index contributed by atoms with van der Waals surface area (Å²) in [6.45, 7) is 0.773. The van der Waals surface area contributed by atoms with E-state index >= 15 is 0 Å². The number of methoxy groups -OCH3 is 1. The van der Waals surface area contributed by atoms with Crippen molar-refractivity contribution in [2.45, 2.75) is 0 Å². The normalized spacial score (nSPS) is 11.7. The molecule has 0 unspecified atom stereocenters. The highest BCUT2D eigenvalue weighted by Gasteiger charge is 2.16. The molecule has 0 atom stereocenters. The first-order chi connectivity index (χ1) is 16.3. The Labute approximate surface area is 200 Å². The maximum absolute atomic E-state index is 14.3. The molecule has 0 aliphatic rings. The smallest absolute Gasteiger partial charge is 0.284 e. The molecule has 34 heavy (non-hydrogen) atoms. The topological polar surface area (TPSA) is 88.6 Å². The number of rotatable bonds is 10. The second-order valence-corrected chi connectivity index (χ2v) is 7.86. The van der Waals surface area contributed by atoms with Gasteiger partial charge in [-0.25, -0.2) is 18.7 Å².